The van der Waals surface area contributed by atoms with Gasteiger partial charge in [0.15, 0.2) is 6.10 Å². The molecule has 28 heavy (non-hydrogen) atoms. The molecule has 4 nitrogen and oxygen atoms in total. The predicted molar refractivity (Wildman–Crippen MR) is 116 cm³/mol. The Labute approximate surface area is 169 Å². The highest BCUT2D eigenvalue weighted by Gasteiger charge is 2.22. The van der Waals surface area contributed by atoms with Crippen molar-refractivity contribution in [3.8, 4) is 5.75 Å². The number of nitrogens with one attached hydrogen (secondary N) is 1. The normalized spacial score (nSPS) is 21.4. The molecular formula is C24H34N2O2. The van der Waals surface area contributed by atoms with Crippen molar-refractivity contribution in [3.63, 3.8) is 0 Å². The molecule has 1 aliphatic rings. The SMILES string of the molecule is CC[C@@H](Oc1ccc2ccccc2c1)C(=O)NCCCN1C[C@H](C)C[C@H](C)C1. The summed E-state index contributed by atoms with van der Waals surface area (Å²) in [7, 11) is 0. The van der Waals surface area contributed by atoms with Crippen molar-refractivity contribution in [2.45, 2.75) is 46.1 Å². The van der Waals surface area contributed by atoms with E-state index in [4.69, 9.17) is 4.74 Å². The molecule has 0 saturated carbocycles. The number of likely N-dealkylation sites (tertiary alicyclic amines) is 1. The smallest absolute Gasteiger partial charge is 0.261 e. The first-order chi connectivity index (χ1) is 13.5. The lowest BCUT2D eigenvalue weighted by atomic mass is 9.92. The first-order valence-electron chi connectivity index (χ1n) is 10.7. The molecule has 3 atom stereocenters. The summed E-state index contributed by atoms with van der Waals surface area (Å²) in [5, 5.41) is 5.36. The van der Waals surface area contributed by atoms with Crippen LogP contribution < -0.4 is 10.1 Å². The van der Waals surface area contributed by atoms with Gasteiger partial charge in [0.25, 0.3) is 5.91 Å². The standard InChI is InChI=1S/C24H34N2O2/c1-4-23(28-22-11-10-20-8-5-6-9-21(20)15-22)24(27)25-12-7-13-26-16-18(2)14-19(3)17-26/h5-6,8-11,15,18-19,23H,4,7,12-14,16-17H2,1-3H3,(H,25,27)/t18-,19+,23-/m1/s1. The third-order valence-electron chi connectivity index (χ3n) is 5.56. The maximum absolute atomic E-state index is 12.5. The first-order valence-corrected chi connectivity index (χ1v) is 10.7. The molecule has 1 aliphatic heterocycles. The Hall–Kier alpha value is -2.07. The summed E-state index contributed by atoms with van der Waals surface area (Å²) in [4.78, 5) is 15.1. The van der Waals surface area contributed by atoms with Crippen molar-refractivity contribution in [2.24, 2.45) is 11.8 Å². The van der Waals surface area contributed by atoms with Crippen LogP contribution in [0.5, 0.6) is 5.75 Å². The zero-order valence-corrected chi connectivity index (χ0v) is 17.5. The van der Waals surface area contributed by atoms with Crippen LogP contribution in [-0.4, -0.2) is 43.1 Å². The number of nitrogens with zero attached hydrogens (tertiary/aromatic N) is 1. The maximum Gasteiger partial charge on any atom is 0.261 e. The molecule has 2 aromatic rings. The molecule has 1 fully saturated rings. The Morgan fingerprint density at radius 2 is 1.86 bits per heavy atom. The fourth-order valence-corrected chi connectivity index (χ4v) is 4.33. The molecule has 1 saturated heterocycles. The fraction of sp³-hybridized carbons (Fsp3) is 0.542. The highest BCUT2D eigenvalue weighted by atomic mass is 16.5. The van der Waals surface area contributed by atoms with Gasteiger partial charge in [-0.25, -0.2) is 0 Å². The lowest BCUT2D eigenvalue weighted by Gasteiger charge is -2.35. The molecule has 0 unspecified atom stereocenters. The Morgan fingerprint density at radius 3 is 2.57 bits per heavy atom. The number of carbonyl (C=O) groups excluding carboxylic acids is 1. The third kappa shape index (κ3) is 5.71. The van der Waals surface area contributed by atoms with E-state index in [1.54, 1.807) is 0 Å². The molecule has 0 radical (unpaired) electrons. The molecule has 0 bridgehead atoms. The summed E-state index contributed by atoms with van der Waals surface area (Å²) >= 11 is 0. The highest BCUT2D eigenvalue weighted by Crippen LogP contribution is 2.22. The topological polar surface area (TPSA) is 41.6 Å². The van der Waals surface area contributed by atoms with Crippen LogP contribution in [0.1, 0.15) is 40.0 Å². The van der Waals surface area contributed by atoms with E-state index < -0.39 is 6.10 Å². The van der Waals surface area contributed by atoms with Gasteiger partial charge in [-0.15, -0.1) is 0 Å². The van der Waals surface area contributed by atoms with Crippen molar-refractivity contribution in [3.05, 3.63) is 42.5 Å². The van der Waals surface area contributed by atoms with Crippen molar-refractivity contribution >= 4 is 16.7 Å². The monoisotopic (exact) mass is 382 g/mol. The van der Waals surface area contributed by atoms with Crippen molar-refractivity contribution in [1.29, 1.82) is 0 Å². The second-order valence-electron chi connectivity index (χ2n) is 8.37. The fourth-order valence-electron chi connectivity index (χ4n) is 4.33. The molecule has 1 heterocycles. The van der Waals surface area contributed by atoms with Gasteiger partial charge in [0.05, 0.1) is 0 Å². The molecule has 0 spiro atoms. The van der Waals surface area contributed by atoms with Crippen LogP contribution in [0, 0.1) is 11.8 Å². The van der Waals surface area contributed by atoms with Crippen molar-refractivity contribution in [2.75, 3.05) is 26.2 Å². The van der Waals surface area contributed by atoms with E-state index in [1.165, 1.54) is 24.9 Å². The molecule has 2 aromatic carbocycles. The van der Waals surface area contributed by atoms with Gasteiger partial charge < -0.3 is 15.0 Å². The van der Waals surface area contributed by atoms with E-state index in [9.17, 15) is 4.79 Å². The van der Waals surface area contributed by atoms with Gasteiger partial charge in [-0.2, -0.15) is 0 Å². The zero-order chi connectivity index (χ0) is 19.9. The van der Waals surface area contributed by atoms with Crippen molar-refractivity contribution in [1.82, 2.24) is 10.2 Å². The molecular weight excluding hydrogens is 348 g/mol. The Bertz CT molecular complexity index is 766. The van der Waals surface area contributed by atoms with Gasteiger partial charge in [-0.1, -0.05) is 51.1 Å². The summed E-state index contributed by atoms with van der Waals surface area (Å²) in [6.07, 6.45) is 2.52. The lowest BCUT2D eigenvalue weighted by molar-refractivity contribution is -0.128. The minimum absolute atomic E-state index is 0.0176. The number of piperidine rings is 1. The molecule has 0 aliphatic carbocycles. The van der Waals surface area contributed by atoms with Crippen LogP contribution in [0.25, 0.3) is 10.8 Å². The van der Waals surface area contributed by atoms with Gasteiger partial charge >= 0.3 is 0 Å². The van der Waals surface area contributed by atoms with Crippen LogP contribution in [0.2, 0.25) is 0 Å². The minimum atomic E-state index is -0.448. The predicted octanol–water partition coefficient (Wildman–Crippen LogP) is 4.48. The number of rotatable bonds is 8. The number of benzene rings is 2. The van der Waals surface area contributed by atoms with E-state index >= 15 is 0 Å². The Morgan fingerprint density at radius 1 is 1.14 bits per heavy atom. The van der Waals surface area contributed by atoms with Crippen LogP contribution in [-0.2, 0) is 4.79 Å². The molecule has 1 N–H and O–H groups in total. The van der Waals surface area contributed by atoms with E-state index in [0.717, 1.165) is 35.9 Å². The summed E-state index contributed by atoms with van der Waals surface area (Å²) in [5.41, 5.74) is 0. The highest BCUT2D eigenvalue weighted by molar-refractivity contribution is 5.84. The zero-order valence-electron chi connectivity index (χ0n) is 17.5. The number of fused-ring (bicyclic) bond motifs is 1. The van der Waals surface area contributed by atoms with Gasteiger partial charge in [-0.05, 0) is 60.5 Å². The van der Waals surface area contributed by atoms with E-state index in [0.29, 0.717) is 13.0 Å². The Balaban J connectivity index is 1.45. The van der Waals surface area contributed by atoms with E-state index in [1.807, 2.05) is 37.3 Å². The number of hydrogen-bond acceptors (Lipinski definition) is 3. The van der Waals surface area contributed by atoms with Crippen LogP contribution in [0.15, 0.2) is 42.5 Å². The third-order valence-corrected chi connectivity index (χ3v) is 5.56. The quantitative estimate of drug-likeness (QED) is 0.685. The molecule has 152 valence electrons. The van der Waals surface area contributed by atoms with Crippen LogP contribution in [0.3, 0.4) is 0 Å². The minimum Gasteiger partial charge on any atom is -0.481 e. The van der Waals surface area contributed by atoms with E-state index in [-0.39, 0.29) is 5.91 Å². The van der Waals surface area contributed by atoms with Crippen LogP contribution in [0.4, 0.5) is 0 Å². The summed E-state index contributed by atoms with van der Waals surface area (Å²) in [5.74, 6) is 2.28. The van der Waals surface area contributed by atoms with Gasteiger partial charge in [0, 0.05) is 19.6 Å². The molecule has 3 rings (SSSR count). The number of hydrogen-bond donors (Lipinski definition) is 1. The van der Waals surface area contributed by atoms with E-state index in [2.05, 4.69) is 36.2 Å². The van der Waals surface area contributed by atoms with Crippen LogP contribution >= 0.6 is 0 Å². The van der Waals surface area contributed by atoms with Gasteiger partial charge in [0.1, 0.15) is 5.75 Å². The van der Waals surface area contributed by atoms with Gasteiger partial charge in [-0.3, -0.25) is 4.79 Å². The second kappa shape index (κ2) is 9.92. The summed E-state index contributed by atoms with van der Waals surface area (Å²) in [6.45, 7) is 10.8. The number of amides is 1. The number of carbonyl (C=O) groups is 1. The first kappa shape index (κ1) is 20.7. The lowest BCUT2D eigenvalue weighted by Crippen LogP contribution is -2.41. The molecule has 1 amide bonds. The van der Waals surface area contributed by atoms with Crippen molar-refractivity contribution < 1.29 is 9.53 Å². The molecule has 4 heteroatoms. The number of ether oxygens (including phenoxy) is 1. The van der Waals surface area contributed by atoms with Gasteiger partial charge in [0.2, 0.25) is 0 Å². The second-order valence-corrected chi connectivity index (χ2v) is 8.37. The molecule has 0 aromatic heterocycles. The average Bonchev–Trinajstić information content (AvgIpc) is 2.68. The summed E-state index contributed by atoms with van der Waals surface area (Å²) in [6, 6.07) is 14.2. The Kier molecular flexibility index (Phi) is 7.32. The largest absolute Gasteiger partial charge is 0.481 e. The maximum atomic E-state index is 12.5. The summed E-state index contributed by atoms with van der Waals surface area (Å²) < 4.78 is 5.99. The average molecular weight is 383 g/mol.